The summed E-state index contributed by atoms with van der Waals surface area (Å²) >= 11 is 5.80. The maximum absolute atomic E-state index is 11.0. The minimum absolute atomic E-state index is 0.286. The van der Waals surface area contributed by atoms with Crippen molar-refractivity contribution in [1.29, 1.82) is 0 Å². The Morgan fingerprint density at radius 2 is 2.27 bits per heavy atom. The lowest BCUT2D eigenvalue weighted by Gasteiger charge is -1.95. The van der Waals surface area contributed by atoms with Crippen molar-refractivity contribution in [3.8, 4) is 0 Å². The number of halogens is 1. The van der Waals surface area contributed by atoms with E-state index >= 15 is 0 Å². The van der Waals surface area contributed by atoms with Crippen molar-refractivity contribution in [1.82, 2.24) is 0 Å². The summed E-state index contributed by atoms with van der Waals surface area (Å²) in [6.07, 6.45) is 0. The van der Waals surface area contributed by atoms with Gasteiger partial charge in [0.05, 0.1) is 5.56 Å². The Hall–Kier alpha value is -1.02. The van der Waals surface area contributed by atoms with Crippen molar-refractivity contribution in [3.63, 3.8) is 0 Å². The van der Waals surface area contributed by atoms with Gasteiger partial charge in [-0.2, -0.15) is 0 Å². The highest BCUT2D eigenvalue weighted by Crippen LogP contribution is 2.23. The molecule has 0 fully saturated rings. The molecule has 2 aliphatic heterocycles. The van der Waals surface area contributed by atoms with E-state index in [0.29, 0.717) is 10.6 Å². The van der Waals surface area contributed by atoms with Gasteiger partial charge in [-0.25, -0.2) is 4.79 Å². The highest BCUT2D eigenvalue weighted by Gasteiger charge is 2.15. The molecule has 2 heterocycles. The Balaban J connectivity index is 2.64. The van der Waals surface area contributed by atoms with Gasteiger partial charge in [-0.3, -0.25) is 0 Å². The molecule has 3 rings (SSSR count). The molecular weight excluding hydrogens is 164 g/mol. The van der Waals surface area contributed by atoms with Crippen LogP contribution in [0.1, 0.15) is 15.9 Å². The van der Waals surface area contributed by atoms with Crippen LogP contribution in [0.4, 0.5) is 0 Å². The molecule has 3 heteroatoms. The van der Waals surface area contributed by atoms with Crippen molar-refractivity contribution in [2.75, 3.05) is 0 Å². The first-order valence-corrected chi connectivity index (χ1v) is 3.61. The number of carbonyl (C=O) groups excluding carboxylic acids is 1. The molecule has 0 saturated carbocycles. The molecule has 0 aromatic heterocycles. The summed E-state index contributed by atoms with van der Waals surface area (Å²) in [6, 6.07) is 5.16. The standard InChI is InChI=1S/C8H5ClO2/c9-7-3-5-1-2-6(7)4-11-8(5)10/h1-3H,4H2. The van der Waals surface area contributed by atoms with Crippen LogP contribution in [0.5, 0.6) is 0 Å². The highest BCUT2D eigenvalue weighted by molar-refractivity contribution is 6.31. The number of esters is 1. The van der Waals surface area contributed by atoms with Gasteiger partial charge >= 0.3 is 5.97 Å². The zero-order valence-corrected chi connectivity index (χ0v) is 6.39. The summed E-state index contributed by atoms with van der Waals surface area (Å²) in [5.41, 5.74) is 1.39. The van der Waals surface area contributed by atoms with Crippen LogP contribution in [0.15, 0.2) is 18.2 Å². The SMILES string of the molecule is O=C1OCc2ccc1cc2Cl. The van der Waals surface area contributed by atoms with E-state index in [4.69, 9.17) is 16.3 Å². The van der Waals surface area contributed by atoms with E-state index in [1.165, 1.54) is 0 Å². The van der Waals surface area contributed by atoms with Crippen LogP contribution in [0.25, 0.3) is 0 Å². The van der Waals surface area contributed by atoms with Gasteiger partial charge in [-0.15, -0.1) is 0 Å². The van der Waals surface area contributed by atoms with E-state index in [-0.39, 0.29) is 12.6 Å². The number of hydrogen-bond acceptors (Lipinski definition) is 2. The Morgan fingerprint density at radius 1 is 1.45 bits per heavy atom. The molecule has 1 aromatic rings. The normalized spacial score (nSPS) is 14.5. The van der Waals surface area contributed by atoms with Crippen molar-refractivity contribution >= 4 is 17.6 Å². The molecule has 0 amide bonds. The van der Waals surface area contributed by atoms with Gasteiger partial charge in [0.25, 0.3) is 0 Å². The molecule has 2 bridgehead atoms. The number of benzene rings is 1. The van der Waals surface area contributed by atoms with E-state index in [1.54, 1.807) is 12.1 Å². The Bertz CT molecular complexity index is 320. The lowest BCUT2D eigenvalue weighted by Crippen LogP contribution is -1.99. The quantitative estimate of drug-likeness (QED) is 0.554. The zero-order valence-electron chi connectivity index (χ0n) is 5.63. The summed E-state index contributed by atoms with van der Waals surface area (Å²) < 4.78 is 4.85. The van der Waals surface area contributed by atoms with Gasteiger partial charge in [-0.05, 0) is 12.1 Å². The smallest absolute Gasteiger partial charge is 0.338 e. The van der Waals surface area contributed by atoms with Crippen molar-refractivity contribution < 1.29 is 9.53 Å². The summed E-state index contributed by atoms with van der Waals surface area (Å²) in [5.74, 6) is -0.299. The third-order valence-corrected chi connectivity index (χ3v) is 2.00. The topological polar surface area (TPSA) is 26.3 Å². The van der Waals surface area contributed by atoms with E-state index < -0.39 is 0 Å². The number of ether oxygens (including phenoxy) is 1. The van der Waals surface area contributed by atoms with Crippen LogP contribution in [0.3, 0.4) is 0 Å². The maximum atomic E-state index is 11.0. The first-order chi connectivity index (χ1) is 5.27. The monoisotopic (exact) mass is 168 g/mol. The average molecular weight is 169 g/mol. The molecule has 2 nitrogen and oxygen atoms in total. The summed E-state index contributed by atoms with van der Waals surface area (Å²) in [7, 11) is 0. The summed E-state index contributed by atoms with van der Waals surface area (Å²) in [4.78, 5) is 11.0. The second-order valence-corrected chi connectivity index (χ2v) is 2.79. The van der Waals surface area contributed by atoms with Gasteiger partial charge in [0.2, 0.25) is 0 Å². The molecule has 0 N–H and O–H groups in total. The van der Waals surface area contributed by atoms with Crippen LogP contribution in [0.2, 0.25) is 5.02 Å². The van der Waals surface area contributed by atoms with E-state index in [9.17, 15) is 4.79 Å². The van der Waals surface area contributed by atoms with E-state index in [0.717, 1.165) is 5.56 Å². The van der Waals surface area contributed by atoms with E-state index in [1.807, 2.05) is 6.07 Å². The Labute approximate surface area is 68.7 Å². The fraction of sp³-hybridized carbons (Fsp3) is 0.125. The first-order valence-electron chi connectivity index (χ1n) is 3.23. The molecule has 0 aliphatic carbocycles. The van der Waals surface area contributed by atoms with Crippen LogP contribution in [-0.2, 0) is 11.3 Å². The van der Waals surface area contributed by atoms with Crippen molar-refractivity contribution in [3.05, 3.63) is 34.3 Å². The fourth-order valence-electron chi connectivity index (χ4n) is 1.02. The largest absolute Gasteiger partial charge is 0.457 e. The van der Waals surface area contributed by atoms with Crippen LogP contribution in [0, 0.1) is 0 Å². The number of hydrogen-bond donors (Lipinski definition) is 0. The molecule has 2 aliphatic rings. The molecule has 0 unspecified atom stereocenters. The van der Waals surface area contributed by atoms with Gasteiger partial charge < -0.3 is 4.74 Å². The van der Waals surface area contributed by atoms with Gasteiger partial charge in [-0.1, -0.05) is 17.7 Å². The lowest BCUT2D eigenvalue weighted by molar-refractivity contribution is 0.0482. The molecule has 11 heavy (non-hydrogen) atoms. The second-order valence-electron chi connectivity index (χ2n) is 2.38. The third-order valence-electron chi connectivity index (χ3n) is 1.65. The molecule has 56 valence electrons. The minimum atomic E-state index is -0.299. The zero-order chi connectivity index (χ0) is 7.84. The lowest BCUT2D eigenvalue weighted by atomic mass is 10.2. The number of carbonyl (C=O) groups is 1. The van der Waals surface area contributed by atoms with Crippen LogP contribution >= 0.6 is 11.6 Å². The predicted octanol–water partition coefficient (Wildman–Crippen LogP) is 2.01. The summed E-state index contributed by atoms with van der Waals surface area (Å²) in [5, 5.41) is 0.605. The number of rotatable bonds is 0. The van der Waals surface area contributed by atoms with Crippen LogP contribution in [-0.4, -0.2) is 5.97 Å². The Kier molecular flexibility index (Phi) is 1.36. The average Bonchev–Trinajstić information content (AvgIpc) is 2.22. The van der Waals surface area contributed by atoms with Gasteiger partial charge in [0, 0.05) is 10.6 Å². The predicted molar refractivity (Wildman–Crippen MR) is 40.6 cm³/mol. The van der Waals surface area contributed by atoms with Gasteiger partial charge in [0.1, 0.15) is 6.61 Å². The van der Waals surface area contributed by atoms with E-state index in [2.05, 4.69) is 0 Å². The van der Waals surface area contributed by atoms with Crippen LogP contribution < -0.4 is 0 Å². The fourth-order valence-corrected chi connectivity index (χ4v) is 1.25. The molecular formula is C8H5ClO2. The van der Waals surface area contributed by atoms with Crippen molar-refractivity contribution in [2.24, 2.45) is 0 Å². The molecule has 0 radical (unpaired) electrons. The highest BCUT2D eigenvalue weighted by atomic mass is 35.5. The maximum Gasteiger partial charge on any atom is 0.338 e. The first kappa shape index (κ1) is 6.68. The molecule has 1 aromatic carbocycles. The molecule has 0 atom stereocenters. The van der Waals surface area contributed by atoms with Gasteiger partial charge in [0.15, 0.2) is 0 Å². The number of fused-ring (bicyclic) bond motifs is 4. The summed E-state index contributed by atoms with van der Waals surface area (Å²) in [6.45, 7) is 0.286. The second kappa shape index (κ2) is 2.24. The molecule has 0 spiro atoms. The third kappa shape index (κ3) is 0.994. The van der Waals surface area contributed by atoms with Crippen molar-refractivity contribution in [2.45, 2.75) is 6.61 Å². The Morgan fingerprint density at radius 3 is 3.00 bits per heavy atom. The minimum Gasteiger partial charge on any atom is -0.457 e. The molecule has 0 saturated heterocycles.